The van der Waals surface area contributed by atoms with Crippen LogP contribution in [0.15, 0.2) is 30.6 Å². The maximum Gasteiger partial charge on any atom is 0.490 e. The molecular formula is C19H21F3N4O2S. The number of halogens is 3. The molecule has 1 aliphatic rings. The first kappa shape index (κ1) is 21.1. The van der Waals surface area contributed by atoms with Gasteiger partial charge in [0.1, 0.15) is 0 Å². The zero-order chi connectivity index (χ0) is 21.3. The third-order valence-corrected chi connectivity index (χ3v) is 5.53. The monoisotopic (exact) mass is 426 g/mol. The molecule has 4 heterocycles. The highest BCUT2D eigenvalue weighted by Crippen LogP contribution is 2.33. The average Bonchev–Trinajstić information content (AvgIpc) is 3.26. The van der Waals surface area contributed by atoms with Gasteiger partial charge in [-0.2, -0.15) is 18.3 Å². The molecule has 0 aromatic carbocycles. The third kappa shape index (κ3) is 4.88. The number of aryl methyl sites for hydroxylation is 3. The second-order valence-corrected chi connectivity index (χ2v) is 8.30. The molecule has 6 nitrogen and oxygen atoms in total. The highest BCUT2D eigenvalue weighted by atomic mass is 32.1. The second-order valence-electron chi connectivity index (χ2n) is 6.92. The summed E-state index contributed by atoms with van der Waals surface area (Å²) in [6.07, 6.45) is -0.786. The molecule has 0 amide bonds. The summed E-state index contributed by atoms with van der Waals surface area (Å²) in [6.45, 7) is 5.09. The first-order chi connectivity index (χ1) is 13.5. The second kappa shape index (κ2) is 8.03. The Bertz CT molecular complexity index is 1020. The van der Waals surface area contributed by atoms with Crippen molar-refractivity contribution in [1.29, 1.82) is 0 Å². The van der Waals surface area contributed by atoms with Gasteiger partial charge in [0.2, 0.25) is 0 Å². The molecule has 1 aliphatic heterocycles. The zero-order valence-electron chi connectivity index (χ0n) is 16.2. The molecule has 0 atom stereocenters. The zero-order valence-corrected chi connectivity index (χ0v) is 17.0. The number of carbonyl (C=O) groups is 1. The Labute approximate surface area is 169 Å². The molecule has 0 saturated heterocycles. The Morgan fingerprint density at radius 1 is 1.24 bits per heavy atom. The third-order valence-electron chi connectivity index (χ3n) is 4.55. The van der Waals surface area contributed by atoms with Gasteiger partial charge in [0, 0.05) is 72.7 Å². The summed E-state index contributed by atoms with van der Waals surface area (Å²) < 4.78 is 35.9. The fourth-order valence-corrected chi connectivity index (χ4v) is 4.20. The van der Waals surface area contributed by atoms with Crippen LogP contribution < -0.4 is 0 Å². The van der Waals surface area contributed by atoms with Crippen LogP contribution in [-0.4, -0.2) is 36.5 Å². The van der Waals surface area contributed by atoms with E-state index >= 15 is 0 Å². The molecule has 0 radical (unpaired) electrons. The van der Waals surface area contributed by atoms with Gasteiger partial charge in [-0.15, -0.1) is 11.3 Å². The van der Waals surface area contributed by atoms with Gasteiger partial charge in [-0.1, -0.05) is 0 Å². The molecule has 29 heavy (non-hydrogen) atoms. The highest BCUT2D eigenvalue weighted by molar-refractivity contribution is 7.11. The van der Waals surface area contributed by atoms with E-state index in [9.17, 15) is 13.2 Å². The number of carboxylic acids is 1. The maximum absolute atomic E-state index is 10.6. The molecule has 0 spiro atoms. The Kier molecular flexibility index (Phi) is 5.85. The Balaban J connectivity index is 0.000000298. The number of hydrogen-bond acceptors (Lipinski definition) is 4. The van der Waals surface area contributed by atoms with Gasteiger partial charge in [0.25, 0.3) is 0 Å². The summed E-state index contributed by atoms with van der Waals surface area (Å²) in [5.41, 5.74) is 5.09. The van der Waals surface area contributed by atoms with Crippen molar-refractivity contribution in [1.82, 2.24) is 19.2 Å². The molecule has 10 heteroatoms. The van der Waals surface area contributed by atoms with Crippen molar-refractivity contribution in [2.45, 2.75) is 32.7 Å². The molecule has 0 fully saturated rings. The van der Waals surface area contributed by atoms with Gasteiger partial charge in [0.05, 0.1) is 5.69 Å². The minimum absolute atomic E-state index is 0.953. The number of fused-ring (bicyclic) bond motifs is 3. The first-order valence-electron chi connectivity index (χ1n) is 8.79. The van der Waals surface area contributed by atoms with Crippen LogP contribution in [0.1, 0.15) is 21.0 Å². The molecule has 0 unspecified atom stereocenters. The van der Waals surface area contributed by atoms with Crippen LogP contribution in [0, 0.1) is 6.92 Å². The van der Waals surface area contributed by atoms with Gasteiger partial charge in [-0.05, 0) is 25.1 Å². The van der Waals surface area contributed by atoms with Gasteiger partial charge in [-0.3, -0.25) is 9.58 Å². The van der Waals surface area contributed by atoms with E-state index in [1.54, 1.807) is 0 Å². The van der Waals surface area contributed by atoms with Crippen molar-refractivity contribution in [2.75, 3.05) is 0 Å². The Morgan fingerprint density at radius 2 is 1.93 bits per heavy atom. The van der Waals surface area contributed by atoms with E-state index < -0.39 is 12.1 Å². The minimum Gasteiger partial charge on any atom is -0.475 e. The molecule has 0 aliphatic carbocycles. The van der Waals surface area contributed by atoms with Crippen molar-refractivity contribution < 1.29 is 23.1 Å². The molecule has 4 rings (SSSR count). The normalized spacial score (nSPS) is 13.9. The van der Waals surface area contributed by atoms with E-state index in [1.807, 2.05) is 23.1 Å². The fraction of sp³-hybridized carbons (Fsp3) is 0.368. The largest absolute Gasteiger partial charge is 0.490 e. The van der Waals surface area contributed by atoms with E-state index in [0.717, 1.165) is 25.3 Å². The standard InChI is InChI=1S/C17H20N4S.C2HF3O2/c1-12-4-5-14(22-12)10-21-9-13-8-20(3)18-17(13)15-6-7-19(2)16(15)11-21;3-2(4,5)1(6)7/h4-8H,9-11H2,1-3H3;(H,6,7). The molecule has 3 aromatic rings. The molecule has 3 aromatic heterocycles. The van der Waals surface area contributed by atoms with Crippen LogP contribution in [0.3, 0.4) is 0 Å². The fourth-order valence-electron chi connectivity index (χ4n) is 3.27. The van der Waals surface area contributed by atoms with Crippen molar-refractivity contribution in [3.8, 4) is 11.3 Å². The van der Waals surface area contributed by atoms with E-state index in [0.29, 0.717) is 0 Å². The highest BCUT2D eigenvalue weighted by Gasteiger charge is 2.38. The number of nitrogens with zero attached hydrogens (tertiary/aromatic N) is 4. The number of aromatic nitrogens is 3. The lowest BCUT2D eigenvalue weighted by atomic mass is 10.1. The van der Waals surface area contributed by atoms with Gasteiger partial charge in [0.15, 0.2) is 0 Å². The SMILES string of the molecule is Cc1ccc(CN2Cc3cn(C)nc3-c3ccn(C)c3C2)s1.O=C(O)C(F)(F)F. The quantitative estimate of drug-likeness (QED) is 0.674. The van der Waals surface area contributed by atoms with Crippen LogP contribution in [-0.2, 0) is 38.5 Å². The van der Waals surface area contributed by atoms with Crippen LogP contribution in [0.4, 0.5) is 13.2 Å². The van der Waals surface area contributed by atoms with Gasteiger partial charge in [-0.25, -0.2) is 4.79 Å². The minimum atomic E-state index is -5.08. The summed E-state index contributed by atoms with van der Waals surface area (Å²) in [7, 11) is 4.13. The van der Waals surface area contributed by atoms with Crippen LogP contribution in [0.25, 0.3) is 11.3 Å². The predicted octanol–water partition coefficient (Wildman–Crippen LogP) is 3.94. The molecule has 0 bridgehead atoms. The number of alkyl halides is 3. The molecule has 1 N–H and O–H groups in total. The van der Waals surface area contributed by atoms with E-state index in [4.69, 9.17) is 15.0 Å². The summed E-state index contributed by atoms with van der Waals surface area (Å²) in [4.78, 5) is 14.2. The topological polar surface area (TPSA) is 63.3 Å². The molecular weight excluding hydrogens is 405 g/mol. The number of aliphatic carboxylic acids is 1. The number of rotatable bonds is 2. The first-order valence-corrected chi connectivity index (χ1v) is 9.61. The molecule has 156 valence electrons. The van der Waals surface area contributed by atoms with Crippen molar-refractivity contribution in [2.24, 2.45) is 14.1 Å². The number of hydrogen-bond donors (Lipinski definition) is 1. The summed E-state index contributed by atoms with van der Waals surface area (Å²) in [5, 5.41) is 11.8. The molecule has 0 saturated carbocycles. The predicted molar refractivity (Wildman–Crippen MR) is 103 cm³/mol. The lowest BCUT2D eigenvalue weighted by Gasteiger charge is -2.20. The summed E-state index contributed by atoms with van der Waals surface area (Å²) in [6, 6.07) is 6.65. The van der Waals surface area contributed by atoms with E-state index in [1.165, 1.54) is 26.6 Å². The Hall–Kier alpha value is -2.59. The van der Waals surface area contributed by atoms with Crippen molar-refractivity contribution >= 4 is 17.3 Å². The van der Waals surface area contributed by atoms with Crippen LogP contribution in [0.2, 0.25) is 0 Å². The number of carboxylic acid groups (broad SMARTS) is 1. The van der Waals surface area contributed by atoms with Crippen LogP contribution >= 0.6 is 11.3 Å². The maximum atomic E-state index is 10.6. The average molecular weight is 426 g/mol. The van der Waals surface area contributed by atoms with Crippen molar-refractivity contribution in [3.63, 3.8) is 0 Å². The van der Waals surface area contributed by atoms with Crippen molar-refractivity contribution in [3.05, 3.63) is 51.6 Å². The number of thiophene rings is 1. The van der Waals surface area contributed by atoms with E-state index in [2.05, 4.69) is 54.0 Å². The summed E-state index contributed by atoms with van der Waals surface area (Å²) >= 11 is 1.89. The van der Waals surface area contributed by atoms with Gasteiger partial charge < -0.3 is 9.67 Å². The van der Waals surface area contributed by atoms with E-state index in [-0.39, 0.29) is 0 Å². The van der Waals surface area contributed by atoms with Crippen LogP contribution in [0.5, 0.6) is 0 Å². The summed E-state index contributed by atoms with van der Waals surface area (Å²) in [5.74, 6) is -2.76. The lowest BCUT2D eigenvalue weighted by Crippen LogP contribution is -2.22. The lowest BCUT2D eigenvalue weighted by molar-refractivity contribution is -0.192. The Morgan fingerprint density at radius 3 is 2.52 bits per heavy atom. The van der Waals surface area contributed by atoms with Gasteiger partial charge >= 0.3 is 12.1 Å². The smallest absolute Gasteiger partial charge is 0.475 e.